The zero-order chi connectivity index (χ0) is 12.0. The van der Waals surface area contributed by atoms with Gasteiger partial charge in [-0.2, -0.15) is 0 Å². The molecule has 2 aromatic rings. The van der Waals surface area contributed by atoms with Crippen LogP contribution in [0, 0.1) is 0 Å². The van der Waals surface area contributed by atoms with Crippen LogP contribution in [0.15, 0.2) is 18.2 Å². The maximum Gasteiger partial charge on any atom is 0.337 e. The summed E-state index contributed by atoms with van der Waals surface area (Å²) in [5.41, 5.74) is 3.98. The highest BCUT2D eigenvalue weighted by Gasteiger charge is 2.21. The van der Waals surface area contributed by atoms with E-state index in [1.165, 1.54) is 24.1 Å². The van der Waals surface area contributed by atoms with Gasteiger partial charge in [-0.25, -0.2) is 4.79 Å². The Bertz CT molecular complexity index is 610. The zero-order valence-electron chi connectivity index (χ0n) is 9.86. The molecular formula is C14H15NO2. The predicted molar refractivity (Wildman–Crippen MR) is 66.5 cm³/mol. The van der Waals surface area contributed by atoms with Crippen molar-refractivity contribution < 1.29 is 9.90 Å². The van der Waals surface area contributed by atoms with Gasteiger partial charge in [0.1, 0.15) is 0 Å². The fraction of sp³-hybridized carbons (Fsp3) is 0.357. The monoisotopic (exact) mass is 229 g/mol. The molecule has 88 valence electrons. The molecule has 0 aliphatic heterocycles. The standard InChI is InChI=1S/C14H15NO2/c1-15-12-8-3-2-5-9(12)10-6-4-7-11(13(10)15)14(16)17/h4,6-7H,2-3,5,8H2,1H3,(H,16,17). The zero-order valence-corrected chi connectivity index (χ0v) is 9.86. The summed E-state index contributed by atoms with van der Waals surface area (Å²) >= 11 is 0. The molecule has 1 aromatic carbocycles. The van der Waals surface area contributed by atoms with Crippen LogP contribution >= 0.6 is 0 Å². The van der Waals surface area contributed by atoms with Crippen LogP contribution in [0.5, 0.6) is 0 Å². The van der Waals surface area contributed by atoms with Gasteiger partial charge >= 0.3 is 5.97 Å². The molecular weight excluding hydrogens is 214 g/mol. The van der Waals surface area contributed by atoms with Crippen LogP contribution < -0.4 is 0 Å². The summed E-state index contributed by atoms with van der Waals surface area (Å²) in [4.78, 5) is 11.3. The van der Waals surface area contributed by atoms with Crippen LogP contribution in [0.3, 0.4) is 0 Å². The number of nitrogens with zero attached hydrogens (tertiary/aromatic N) is 1. The number of hydrogen-bond donors (Lipinski definition) is 1. The Morgan fingerprint density at radius 3 is 2.82 bits per heavy atom. The minimum absolute atomic E-state index is 0.416. The molecule has 1 aliphatic rings. The van der Waals surface area contributed by atoms with Gasteiger partial charge in [-0.15, -0.1) is 0 Å². The van der Waals surface area contributed by atoms with E-state index in [-0.39, 0.29) is 0 Å². The largest absolute Gasteiger partial charge is 0.478 e. The summed E-state index contributed by atoms with van der Waals surface area (Å²) in [6.07, 6.45) is 4.57. The lowest BCUT2D eigenvalue weighted by Gasteiger charge is -2.12. The fourth-order valence-electron chi connectivity index (χ4n) is 3.01. The van der Waals surface area contributed by atoms with Gasteiger partial charge < -0.3 is 9.67 Å². The number of aromatic nitrogens is 1. The first-order valence-electron chi connectivity index (χ1n) is 6.02. The Morgan fingerprint density at radius 1 is 1.29 bits per heavy atom. The molecule has 0 radical (unpaired) electrons. The van der Waals surface area contributed by atoms with E-state index in [1.807, 2.05) is 19.2 Å². The molecule has 0 unspecified atom stereocenters. The van der Waals surface area contributed by atoms with Gasteiger partial charge in [0.25, 0.3) is 0 Å². The third-order valence-electron chi connectivity index (χ3n) is 3.77. The Labute approximate surface area is 99.7 Å². The number of carboxylic acid groups (broad SMARTS) is 1. The van der Waals surface area contributed by atoms with Gasteiger partial charge in [-0.1, -0.05) is 12.1 Å². The summed E-state index contributed by atoms with van der Waals surface area (Å²) in [7, 11) is 1.99. The summed E-state index contributed by atoms with van der Waals surface area (Å²) in [5.74, 6) is -0.839. The van der Waals surface area contributed by atoms with E-state index in [0.717, 1.165) is 23.7 Å². The minimum atomic E-state index is -0.839. The summed E-state index contributed by atoms with van der Waals surface area (Å²) in [6.45, 7) is 0. The lowest BCUT2D eigenvalue weighted by atomic mass is 9.95. The van der Waals surface area contributed by atoms with Crippen LogP contribution in [0.2, 0.25) is 0 Å². The first kappa shape index (κ1) is 10.4. The second-order valence-corrected chi connectivity index (χ2v) is 4.70. The number of aryl methyl sites for hydroxylation is 2. The van der Waals surface area contributed by atoms with Crippen LogP contribution in [-0.4, -0.2) is 15.6 Å². The molecule has 0 bridgehead atoms. The highest BCUT2D eigenvalue weighted by molar-refractivity contribution is 6.03. The van der Waals surface area contributed by atoms with Gasteiger partial charge in [-0.05, 0) is 37.3 Å². The third kappa shape index (κ3) is 1.38. The molecule has 1 N–H and O–H groups in total. The second-order valence-electron chi connectivity index (χ2n) is 4.70. The van der Waals surface area contributed by atoms with E-state index in [9.17, 15) is 9.90 Å². The first-order chi connectivity index (χ1) is 8.20. The number of benzene rings is 1. The van der Waals surface area contributed by atoms with Crippen molar-refractivity contribution in [1.82, 2.24) is 4.57 Å². The molecule has 1 aromatic heterocycles. The summed E-state index contributed by atoms with van der Waals surface area (Å²) < 4.78 is 2.08. The number of hydrogen-bond acceptors (Lipinski definition) is 1. The summed E-state index contributed by atoms with van der Waals surface area (Å²) in [6, 6.07) is 5.59. The fourth-order valence-corrected chi connectivity index (χ4v) is 3.01. The molecule has 1 aliphatic carbocycles. The highest BCUT2D eigenvalue weighted by atomic mass is 16.4. The maximum atomic E-state index is 11.3. The van der Waals surface area contributed by atoms with E-state index in [2.05, 4.69) is 4.57 Å². The average molecular weight is 229 g/mol. The van der Waals surface area contributed by atoms with Crippen LogP contribution in [0.25, 0.3) is 10.9 Å². The Hall–Kier alpha value is -1.77. The first-order valence-corrected chi connectivity index (χ1v) is 6.02. The Balaban J connectivity index is 2.41. The van der Waals surface area contributed by atoms with E-state index in [0.29, 0.717) is 5.56 Å². The SMILES string of the molecule is Cn1c2c(c3cccc(C(=O)O)c31)CCCC2. The molecule has 3 rings (SSSR count). The number of rotatable bonds is 1. The number of aromatic carboxylic acids is 1. The van der Waals surface area contributed by atoms with Crippen LogP contribution in [-0.2, 0) is 19.9 Å². The highest BCUT2D eigenvalue weighted by Crippen LogP contribution is 2.32. The molecule has 1 heterocycles. The molecule has 0 spiro atoms. The van der Waals surface area contributed by atoms with Gasteiger partial charge in [0.15, 0.2) is 0 Å². The van der Waals surface area contributed by atoms with Crippen molar-refractivity contribution in [2.24, 2.45) is 7.05 Å². The number of fused-ring (bicyclic) bond motifs is 3. The molecule has 0 atom stereocenters. The van der Waals surface area contributed by atoms with Crippen molar-refractivity contribution in [2.75, 3.05) is 0 Å². The van der Waals surface area contributed by atoms with Crippen molar-refractivity contribution in [3.63, 3.8) is 0 Å². The topological polar surface area (TPSA) is 42.2 Å². The summed E-state index contributed by atoms with van der Waals surface area (Å²) in [5, 5.41) is 10.4. The maximum absolute atomic E-state index is 11.3. The number of carboxylic acids is 1. The van der Waals surface area contributed by atoms with Crippen molar-refractivity contribution >= 4 is 16.9 Å². The Kier molecular flexibility index (Phi) is 2.21. The van der Waals surface area contributed by atoms with Gasteiger partial charge in [-0.3, -0.25) is 0 Å². The predicted octanol–water partition coefficient (Wildman–Crippen LogP) is 2.76. The number of para-hydroxylation sites is 1. The Morgan fingerprint density at radius 2 is 2.06 bits per heavy atom. The van der Waals surface area contributed by atoms with Crippen molar-refractivity contribution in [3.8, 4) is 0 Å². The van der Waals surface area contributed by atoms with Gasteiger partial charge in [0.2, 0.25) is 0 Å². The molecule has 3 nitrogen and oxygen atoms in total. The molecule has 0 amide bonds. The quantitative estimate of drug-likeness (QED) is 0.817. The number of carbonyl (C=O) groups is 1. The van der Waals surface area contributed by atoms with E-state index < -0.39 is 5.97 Å². The van der Waals surface area contributed by atoms with Crippen molar-refractivity contribution in [3.05, 3.63) is 35.0 Å². The van der Waals surface area contributed by atoms with E-state index in [1.54, 1.807) is 6.07 Å². The third-order valence-corrected chi connectivity index (χ3v) is 3.77. The molecule has 3 heteroatoms. The van der Waals surface area contributed by atoms with Gasteiger partial charge in [0, 0.05) is 18.1 Å². The second kappa shape index (κ2) is 3.62. The normalized spacial score (nSPS) is 14.9. The lowest BCUT2D eigenvalue weighted by molar-refractivity contribution is 0.0698. The average Bonchev–Trinajstić information content (AvgIpc) is 2.64. The lowest BCUT2D eigenvalue weighted by Crippen LogP contribution is -2.06. The van der Waals surface area contributed by atoms with Gasteiger partial charge in [0.05, 0.1) is 11.1 Å². The van der Waals surface area contributed by atoms with Crippen molar-refractivity contribution in [2.45, 2.75) is 25.7 Å². The smallest absolute Gasteiger partial charge is 0.337 e. The molecule has 0 saturated carbocycles. The molecule has 0 saturated heterocycles. The van der Waals surface area contributed by atoms with Crippen LogP contribution in [0.4, 0.5) is 0 Å². The van der Waals surface area contributed by atoms with E-state index >= 15 is 0 Å². The molecule has 0 fully saturated rings. The molecule has 17 heavy (non-hydrogen) atoms. The van der Waals surface area contributed by atoms with E-state index in [4.69, 9.17) is 0 Å². The van der Waals surface area contributed by atoms with Crippen molar-refractivity contribution in [1.29, 1.82) is 0 Å². The van der Waals surface area contributed by atoms with Crippen LogP contribution in [0.1, 0.15) is 34.5 Å². The minimum Gasteiger partial charge on any atom is -0.478 e.